The number of hydrogen-bond acceptors (Lipinski definition) is 5. The lowest BCUT2D eigenvalue weighted by Gasteiger charge is -2.08. The molecule has 1 unspecified atom stereocenters. The van der Waals surface area contributed by atoms with Crippen LogP contribution in [0.2, 0.25) is 0 Å². The average Bonchev–Trinajstić information content (AvgIpc) is 2.53. The van der Waals surface area contributed by atoms with Gasteiger partial charge in [-0.1, -0.05) is 17.7 Å². The normalized spacial score (nSPS) is 22.2. The molecule has 0 saturated carbocycles. The maximum absolute atomic E-state index is 10.9. The molecule has 0 radical (unpaired) electrons. The first-order valence-electron chi connectivity index (χ1n) is 3.94. The zero-order chi connectivity index (χ0) is 8.81. The summed E-state index contributed by atoms with van der Waals surface area (Å²) in [5, 5.41) is 0. The molecule has 1 atom stereocenters. The maximum atomic E-state index is 10.9. The van der Waals surface area contributed by atoms with Gasteiger partial charge in [0.25, 0.3) is 0 Å². The van der Waals surface area contributed by atoms with Crippen LogP contribution in [0.1, 0.15) is 19.8 Å². The smallest absolute Gasteiger partial charge is 0.434 e. The Bertz CT molecular complexity index is 146. The van der Waals surface area contributed by atoms with Crippen LogP contribution in [0.3, 0.4) is 0 Å². The highest BCUT2D eigenvalue weighted by Gasteiger charge is 2.21. The Hall–Kier alpha value is -0.0300. The van der Waals surface area contributed by atoms with Crippen molar-refractivity contribution in [2.75, 3.05) is 12.4 Å². The van der Waals surface area contributed by atoms with Crippen LogP contribution in [0, 0.1) is 0 Å². The van der Waals surface area contributed by atoms with Crippen molar-refractivity contribution in [3.8, 4) is 0 Å². The van der Waals surface area contributed by atoms with Crippen LogP contribution in [0.4, 0.5) is 4.79 Å². The quantitative estimate of drug-likeness (QED) is 0.526. The maximum Gasteiger partial charge on any atom is 0.509 e. The fourth-order valence-corrected chi connectivity index (χ4v) is 3.20. The van der Waals surface area contributed by atoms with Crippen LogP contribution in [0.15, 0.2) is 0 Å². The van der Waals surface area contributed by atoms with E-state index in [1.807, 2.05) is 6.92 Å². The van der Waals surface area contributed by atoms with Crippen LogP contribution >= 0.6 is 21.6 Å². The van der Waals surface area contributed by atoms with E-state index in [0.29, 0.717) is 6.61 Å². The first-order valence-corrected chi connectivity index (χ1v) is 6.33. The summed E-state index contributed by atoms with van der Waals surface area (Å²) < 4.78 is 9.76. The summed E-state index contributed by atoms with van der Waals surface area (Å²) in [6, 6.07) is 0. The highest BCUT2D eigenvalue weighted by atomic mass is 33.1. The number of ether oxygens (including phenoxy) is 2. The Morgan fingerprint density at radius 3 is 3.08 bits per heavy atom. The van der Waals surface area contributed by atoms with E-state index in [-0.39, 0.29) is 5.44 Å². The first-order chi connectivity index (χ1) is 5.83. The van der Waals surface area contributed by atoms with Crippen molar-refractivity contribution < 1.29 is 14.3 Å². The van der Waals surface area contributed by atoms with Crippen molar-refractivity contribution in [1.29, 1.82) is 0 Å². The van der Waals surface area contributed by atoms with Crippen LogP contribution in [-0.2, 0) is 9.47 Å². The largest absolute Gasteiger partial charge is 0.509 e. The van der Waals surface area contributed by atoms with Gasteiger partial charge in [0, 0.05) is 12.2 Å². The Morgan fingerprint density at radius 2 is 2.50 bits per heavy atom. The van der Waals surface area contributed by atoms with Crippen LogP contribution in [0.25, 0.3) is 0 Å². The Balaban J connectivity index is 2.08. The van der Waals surface area contributed by atoms with Gasteiger partial charge in [0.05, 0.1) is 6.61 Å². The average molecular weight is 208 g/mol. The zero-order valence-corrected chi connectivity index (χ0v) is 8.58. The predicted octanol–water partition coefficient (Wildman–Crippen LogP) is 2.66. The topological polar surface area (TPSA) is 35.5 Å². The number of rotatable bonds is 3. The molecular weight excluding hydrogens is 196 g/mol. The van der Waals surface area contributed by atoms with Crippen molar-refractivity contribution in [3.05, 3.63) is 0 Å². The first kappa shape index (κ1) is 10.1. The highest BCUT2D eigenvalue weighted by molar-refractivity contribution is 8.77. The molecule has 0 aromatic rings. The Labute approximate surface area is 80.0 Å². The summed E-state index contributed by atoms with van der Waals surface area (Å²) in [4.78, 5) is 10.9. The third-order valence-corrected chi connectivity index (χ3v) is 3.90. The summed E-state index contributed by atoms with van der Waals surface area (Å²) in [6.45, 7) is 2.40. The van der Waals surface area contributed by atoms with Gasteiger partial charge in [0.2, 0.25) is 0 Å². The van der Waals surface area contributed by atoms with Crippen molar-refractivity contribution in [2.24, 2.45) is 0 Å². The zero-order valence-electron chi connectivity index (χ0n) is 6.95. The molecule has 0 spiro atoms. The molecular formula is C7H12O3S2. The lowest BCUT2D eigenvalue weighted by Crippen LogP contribution is -2.14. The van der Waals surface area contributed by atoms with Crippen molar-refractivity contribution in [1.82, 2.24) is 0 Å². The van der Waals surface area contributed by atoms with Gasteiger partial charge in [-0.15, -0.1) is 0 Å². The van der Waals surface area contributed by atoms with Gasteiger partial charge in [-0.3, -0.25) is 0 Å². The van der Waals surface area contributed by atoms with E-state index in [4.69, 9.17) is 9.47 Å². The van der Waals surface area contributed by atoms with Gasteiger partial charge in [0.1, 0.15) is 0 Å². The Morgan fingerprint density at radius 1 is 1.67 bits per heavy atom. The second-order valence-electron chi connectivity index (χ2n) is 2.35. The monoisotopic (exact) mass is 208 g/mol. The van der Waals surface area contributed by atoms with E-state index in [1.165, 1.54) is 0 Å². The molecule has 3 nitrogen and oxygen atoms in total. The summed E-state index contributed by atoms with van der Waals surface area (Å²) in [6.07, 6.45) is 1.23. The number of hydrogen-bond donors (Lipinski definition) is 0. The van der Waals surface area contributed by atoms with Crippen LogP contribution < -0.4 is 0 Å². The minimum Gasteiger partial charge on any atom is -0.434 e. The highest BCUT2D eigenvalue weighted by Crippen LogP contribution is 2.38. The molecule has 0 aromatic heterocycles. The van der Waals surface area contributed by atoms with E-state index in [0.717, 1.165) is 18.6 Å². The molecule has 1 heterocycles. The minimum absolute atomic E-state index is 0.000596. The lowest BCUT2D eigenvalue weighted by atomic mass is 10.5. The third-order valence-electron chi connectivity index (χ3n) is 1.26. The fourth-order valence-electron chi connectivity index (χ4n) is 0.722. The molecule has 0 aliphatic carbocycles. The van der Waals surface area contributed by atoms with E-state index in [2.05, 4.69) is 0 Å². The molecule has 1 rings (SSSR count). The van der Waals surface area contributed by atoms with Crippen molar-refractivity contribution in [3.63, 3.8) is 0 Å². The molecule has 0 bridgehead atoms. The van der Waals surface area contributed by atoms with Gasteiger partial charge in [-0.05, 0) is 17.2 Å². The fraction of sp³-hybridized carbons (Fsp3) is 0.857. The molecule has 12 heavy (non-hydrogen) atoms. The van der Waals surface area contributed by atoms with E-state index in [1.54, 1.807) is 21.6 Å². The molecule has 1 fully saturated rings. The van der Waals surface area contributed by atoms with Crippen LogP contribution in [0.5, 0.6) is 0 Å². The summed E-state index contributed by atoms with van der Waals surface area (Å²) in [7, 11) is 3.33. The van der Waals surface area contributed by atoms with Gasteiger partial charge in [0.15, 0.2) is 5.44 Å². The number of carbonyl (C=O) groups is 1. The van der Waals surface area contributed by atoms with Gasteiger partial charge in [-0.25, -0.2) is 4.79 Å². The van der Waals surface area contributed by atoms with Crippen molar-refractivity contribution >= 4 is 27.7 Å². The van der Waals surface area contributed by atoms with Crippen molar-refractivity contribution in [2.45, 2.75) is 25.2 Å². The predicted molar refractivity (Wildman–Crippen MR) is 51.2 cm³/mol. The van der Waals surface area contributed by atoms with Gasteiger partial charge in [-0.2, -0.15) is 0 Å². The van der Waals surface area contributed by atoms with Gasteiger partial charge < -0.3 is 9.47 Å². The number of carbonyl (C=O) groups excluding carboxylic acids is 1. The lowest BCUT2D eigenvalue weighted by molar-refractivity contribution is 0.0479. The van der Waals surface area contributed by atoms with Gasteiger partial charge >= 0.3 is 6.16 Å². The Kier molecular flexibility index (Phi) is 4.68. The molecule has 70 valence electrons. The van der Waals surface area contributed by atoms with E-state index >= 15 is 0 Å². The van der Waals surface area contributed by atoms with Crippen LogP contribution in [-0.4, -0.2) is 24.0 Å². The SMILES string of the molecule is CCCOC(=O)OC1CCSS1. The van der Waals surface area contributed by atoms with E-state index < -0.39 is 6.16 Å². The second kappa shape index (κ2) is 5.59. The molecule has 0 aromatic carbocycles. The molecule has 0 amide bonds. The minimum atomic E-state index is -0.531. The molecule has 5 heteroatoms. The molecule has 0 N–H and O–H groups in total. The molecule has 1 aliphatic heterocycles. The molecule has 1 saturated heterocycles. The standard InChI is InChI=1S/C7H12O3S2/c1-2-4-9-7(8)10-6-3-5-11-12-6/h6H,2-5H2,1H3. The van der Waals surface area contributed by atoms with E-state index in [9.17, 15) is 4.79 Å². The third kappa shape index (κ3) is 3.58. The summed E-state index contributed by atoms with van der Waals surface area (Å²) >= 11 is 0. The molecule has 1 aliphatic rings. The summed E-state index contributed by atoms with van der Waals surface area (Å²) in [5.41, 5.74) is -0.000596. The summed E-state index contributed by atoms with van der Waals surface area (Å²) in [5.74, 6) is 1.05. The second-order valence-corrected chi connectivity index (χ2v) is 5.00.